The Hall–Kier alpha value is -3.45. The number of aliphatic hydroxyl groups excluding tert-OH is 2. The summed E-state index contributed by atoms with van der Waals surface area (Å²) < 4.78 is 41.6. The molecule has 0 aromatic heterocycles. The molecule has 2 saturated heterocycles. The van der Waals surface area contributed by atoms with Gasteiger partial charge in [-0.1, -0.05) is 71.1 Å². The molecule has 15 atom stereocenters. The molecule has 2 bridgehead atoms. The van der Waals surface area contributed by atoms with E-state index in [0.717, 1.165) is 18.4 Å². The van der Waals surface area contributed by atoms with E-state index in [1.54, 1.807) is 41.1 Å². The van der Waals surface area contributed by atoms with Crippen molar-refractivity contribution in [2.24, 2.45) is 35.5 Å². The van der Waals surface area contributed by atoms with E-state index in [9.17, 15) is 39.3 Å². The van der Waals surface area contributed by atoms with Gasteiger partial charge in [-0.2, -0.15) is 0 Å². The number of esters is 1. The molecule has 4 rings (SSSR count). The second-order valence-electron chi connectivity index (χ2n) is 21.1. The van der Waals surface area contributed by atoms with Crippen LogP contribution in [0.15, 0.2) is 47.6 Å². The van der Waals surface area contributed by atoms with E-state index in [1.807, 2.05) is 58.1 Å². The lowest BCUT2D eigenvalue weighted by Gasteiger charge is -2.43. The highest BCUT2D eigenvalue weighted by Gasteiger charge is 2.53. The number of hydrogen-bond donors (Lipinski definition) is 3. The lowest BCUT2D eigenvalue weighted by atomic mass is 9.78. The van der Waals surface area contributed by atoms with Crippen molar-refractivity contribution in [1.82, 2.24) is 4.90 Å². The Balaban J connectivity index is 1.71. The summed E-state index contributed by atoms with van der Waals surface area (Å²) >= 11 is 0. The van der Waals surface area contributed by atoms with Crippen LogP contribution in [0, 0.1) is 35.5 Å². The number of Topliss-reactive ketones (excluding diaryl/α,β-unsaturated/α-hetero) is 3. The summed E-state index contributed by atoms with van der Waals surface area (Å²) in [5.74, 6) is -8.06. The van der Waals surface area contributed by atoms with Gasteiger partial charge in [-0.25, -0.2) is 4.79 Å². The average molecular weight is 1020 g/mol. The predicted molar refractivity (Wildman–Crippen MR) is 271 cm³/mol. The molecular weight excluding hydrogens is 927 g/mol. The maximum atomic E-state index is 14.6. The molecule has 1 aliphatic carbocycles. The maximum Gasteiger partial charge on any atom is 0.329 e. The molecule has 0 unspecified atom stereocenters. The van der Waals surface area contributed by atoms with Gasteiger partial charge in [0.1, 0.15) is 30.1 Å². The number of amides is 1. The molecule has 16 nitrogen and oxygen atoms in total. The Kier molecular flexibility index (Phi) is 25.6. The molecule has 0 spiro atoms. The normalized spacial score (nSPS) is 37.7. The number of fused-ring (bicyclic) bond motifs is 3. The Bertz CT molecular complexity index is 1880. The largest absolute Gasteiger partial charge is 0.460 e. The van der Waals surface area contributed by atoms with Crippen LogP contribution >= 0.6 is 0 Å². The fraction of sp³-hybridized carbons (Fsp3) is 0.768. The minimum atomic E-state index is -2.46. The number of aliphatic hydroxyl groups is 3. The van der Waals surface area contributed by atoms with Crippen molar-refractivity contribution in [2.45, 2.75) is 186 Å². The number of rotatable bonds is 13. The number of nitrogens with zero attached hydrogens (tertiary/aromatic N) is 1. The van der Waals surface area contributed by atoms with Crippen LogP contribution in [0.4, 0.5) is 0 Å². The smallest absolute Gasteiger partial charge is 0.329 e. The van der Waals surface area contributed by atoms with Gasteiger partial charge in [0.25, 0.3) is 11.7 Å². The summed E-state index contributed by atoms with van der Waals surface area (Å²) in [6, 6.07) is -1.16. The monoisotopic (exact) mass is 1020 g/mol. The summed E-state index contributed by atoms with van der Waals surface area (Å²) in [5.41, 5.74) is 1.24. The number of allylic oxidation sites excluding steroid dienone is 6. The van der Waals surface area contributed by atoms with Gasteiger partial charge in [-0.3, -0.25) is 19.2 Å². The maximum absolute atomic E-state index is 14.6. The molecule has 0 radical (unpaired) electrons. The van der Waals surface area contributed by atoms with Crippen LogP contribution in [0.2, 0.25) is 0 Å². The lowest BCUT2D eigenvalue weighted by Crippen LogP contribution is -2.61. The van der Waals surface area contributed by atoms with E-state index in [2.05, 4.69) is 0 Å². The van der Waals surface area contributed by atoms with Crippen LogP contribution in [0.25, 0.3) is 0 Å². The number of methoxy groups -OCH3 is 3. The zero-order valence-corrected chi connectivity index (χ0v) is 45.0. The average Bonchev–Trinajstić information content (AvgIpc) is 3.36. The molecule has 3 N–H and O–H groups in total. The fourth-order valence-corrected chi connectivity index (χ4v) is 10.8. The third-order valence-corrected chi connectivity index (χ3v) is 15.4. The van der Waals surface area contributed by atoms with Crippen molar-refractivity contribution >= 4 is 29.2 Å². The number of ether oxygens (including phenoxy) is 7. The number of carbonyl (C=O) groups is 5. The molecule has 4 aliphatic rings. The van der Waals surface area contributed by atoms with Gasteiger partial charge < -0.3 is 53.4 Å². The number of hydrogen-bond acceptors (Lipinski definition) is 15. The van der Waals surface area contributed by atoms with Crippen molar-refractivity contribution in [3.05, 3.63) is 47.6 Å². The van der Waals surface area contributed by atoms with Crippen molar-refractivity contribution < 1.29 is 72.5 Å². The van der Waals surface area contributed by atoms with Gasteiger partial charge >= 0.3 is 5.97 Å². The van der Waals surface area contributed by atoms with E-state index in [-0.39, 0.29) is 80.5 Å². The number of piperidine rings is 1. The molecular formula is C56H89NO15. The van der Waals surface area contributed by atoms with Gasteiger partial charge in [-0.15, -0.1) is 0 Å². The molecule has 408 valence electrons. The highest BCUT2D eigenvalue weighted by atomic mass is 16.6. The summed E-state index contributed by atoms with van der Waals surface area (Å²) in [7, 11) is 4.61. The molecule has 16 heteroatoms. The van der Waals surface area contributed by atoms with Gasteiger partial charge in [0, 0.05) is 71.7 Å². The Morgan fingerprint density at radius 1 is 0.833 bits per heavy atom. The third kappa shape index (κ3) is 17.3. The predicted octanol–water partition coefficient (Wildman–Crippen LogP) is 6.60. The van der Waals surface area contributed by atoms with Gasteiger partial charge in [0.2, 0.25) is 5.79 Å². The Morgan fingerprint density at radius 3 is 2.28 bits per heavy atom. The first-order valence-corrected chi connectivity index (χ1v) is 26.6. The summed E-state index contributed by atoms with van der Waals surface area (Å²) in [5, 5.41) is 32.9. The van der Waals surface area contributed by atoms with Gasteiger partial charge in [-0.05, 0) is 113 Å². The van der Waals surface area contributed by atoms with E-state index in [0.29, 0.717) is 70.2 Å². The number of cyclic esters (lactones) is 1. The Labute approximate surface area is 429 Å². The van der Waals surface area contributed by atoms with Crippen LogP contribution < -0.4 is 0 Å². The summed E-state index contributed by atoms with van der Waals surface area (Å²) in [4.78, 5) is 72.6. The fourth-order valence-electron chi connectivity index (χ4n) is 10.8. The second kappa shape index (κ2) is 30.2. The first-order valence-electron chi connectivity index (χ1n) is 26.6. The molecule has 0 aromatic rings. The zero-order chi connectivity index (χ0) is 53.1. The standard InChI is InChI=1S/C56H89NO15/c1-35-17-12-11-13-18-36(2)47(70-28-27-66-8)33-43-22-20-41(7)56(65,72-43)53(62)54(63)57-24-15-14-19-44(57)55(64)71-48(38(4)31-42-21-23-46(49(32-42)67-9)69-26-16-25-58)34-45(59)37(3)30-40(6)51(61)52(68-10)50(60)39(5)29-35/h11-13,17-18,30,35,37-39,41-44,46-49,51-52,58,61,65H,14-16,19-29,31-34H2,1-10H3/b13-11+,17-12+,36-18+,40-30+/t35-,37-,38-,39-,41-,42+,43+,44+,46-,47+,48+,49-,51-,52+,56-/m1/s1. The molecule has 1 amide bonds. The van der Waals surface area contributed by atoms with Crippen molar-refractivity contribution in [3.8, 4) is 0 Å². The molecule has 3 aliphatic heterocycles. The van der Waals surface area contributed by atoms with Crippen LogP contribution in [0.5, 0.6) is 0 Å². The van der Waals surface area contributed by atoms with Crippen LogP contribution in [0.1, 0.15) is 132 Å². The van der Waals surface area contributed by atoms with Gasteiger partial charge in [0.15, 0.2) is 5.78 Å². The molecule has 1 saturated carbocycles. The van der Waals surface area contributed by atoms with E-state index < -0.39 is 77.8 Å². The van der Waals surface area contributed by atoms with Crippen LogP contribution in [0.3, 0.4) is 0 Å². The first kappa shape index (κ1) is 61.1. The summed E-state index contributed by atoms with van der Waals surface area (Å²) in [6.07, 6.45) is 12.4. The molecule has 3 fully saturated rings. The number of ketones is 3. The quantitative estimate of drug-likeness (QED) is 0.0767. The second-order valence-corrected chi connectivity index (χ2v) is 21.1. The van der Waals surface area contributed by atoms with Crippen LogP contribution in [-0.4, -0.2) is 158 Å². The van der Waals surface area contributed by atoms with E-state index in [4.69, 9.17) is 33.2 Å². The van der Waals surface area contributed by atoms with Crippen molar-refractivity contribution in [1.29, 1.82) is 0 Å². The summed E-state index contributed by atoms with van der Waals surface area (Å²) in [6.45, 7) is 13.9. The topological polar surface area (TPSA) is 214 Å². The van der Waals surface area contributed by atoms with Crippen LogP contribution in [-0.2, 0) is 57.1 Å². The SMILES string of the molecule is COCCO[C@H]1C[C@@H]2CC[C@@H](C)[C@@](O)(O2)C(=O)C(=O)N2CCCC[C@H]2C(=O)O[C@H]([C@H](C)C[C@@H]2CC[C@@H](OCCCO)[C@H](OC)C2)CC(=O)[C@H](C)/C=C(\C)[C@@H](O)[C@@H](OC)C(=O)[C@H](C)C[C@H](C)/C=C/C=C/C=C/1C. The lowest BCUT2D eigenvalue weighted by molar-refractivity contribution is -0.266. The van der Waals surface area contributed by atoms with Gasteiger partial charge in [0.05, 0.1) is 37.6 Å². The highest BCUT2D eigenvalue weighted by Crippen LogP contribution is 2.38. The zero-order valence-electron chi connectivity index (χ0n) is 45.0. The molecule has 72 heavy (non-hydrogen) atoms. The highest BCUT2D eigenvalue weighted by molar-refractivity contribution is 6.39. The molecule has 0 aromatic carbocycles. The van der Waals surface area contributed by atoms with E-state index in [1.165, 1.54) is 12.0 Å². The first-order chi connectivity index (χ1) is 34.3. The minimum Gasteiger partial charge on any atom is -0.460 e. The van der Waals surface area contributed by atoms with Crippen molar-refractivity contribution in [2.75, 3.05) is 54.3 Å². The van der Waals surface area contributed by atoms with E-state index >= 15 is 0 Å². The Morgan fingerprint density at radius 2 is 1.58 bits per heavy atom. The minimum absolute atomic E-state index is 0.000907. The molecule has 3 heterocycles. The number of carbonyl (C=O) groups excluding carboxylic acids is 5. The third-order valence-electron chi connectivity index (χ3n) is 15.4. The van der Waals surface area contributed by atoms with Crippen molar-refractivity contribution in [3.63, 3.8) is 0 Å².